The summed E-state index contributed by atoms with van der Waals surface area (Å²) in [5, 5.41) is 9.57. The maximum atomic E-state index is 9.57. The fraction of sp³-hybridized carbons (Fsp3) is 0.778. The van der Waals surface area contributed by atoms with Crippen molar-refractivity contribution in [2.45, 2.75) is 66.4 Å². The lowest BCUT2D eigenvalue weighted by molar-refractivity contribution is 0.0319. The molecule has 0 aliphatic heterocycles. The van der Waals surface area contributed by atoms with Gasteiger partial charge in [0.1, 0.15) is 11.9 Å². The summed E-state index contributed by atoms with van der Waals surface area (Å²) < 4.78 is 6.19. The summed E-state index contributed by atoms with van der Waals surface area (Å²) in [5.74, 6) is 2.74. The third-order valence-corrected chi connectivity index (χ3v) is 4.31. The molecule has 0 radical (unpaired) electrons. The van der Waals surface area contributed by atoms with Gasteiger partial charge in [-0.05, 0) is 36.7 Å². The van der Waals surface area contributed by atoms with Crippen LogP contribution in [0.15, 0.2) is 23.5 Å². The summed E-state index contributed by atoms with van der Waals surface area (Å²) in [6.45, 7) is 11.2. The molecule has 0 heterocycles. The van der Waals surface area contributed by atoms with Crippen LogP contribution in [0.4, 0.5) is 0 Å². The fourth-order valence-corrected chi connectivity index (χ4v) is 2.64. The molecular weight excluding hydrogens is 248 g/mol. The maximum Gasteiger partial charge on any atom is 0.121 e. The van der Waals surface area contributed by atoms with Gasteiger partial charge in [-0.25, -0.2) is 0 Å². The summed E-state index contributed by atoms with van der Waals surface area (Å²) >= 11 is 0. The predicted molar refractivity (Wildman–Crippen MR) is 85.4 cm³/mol. The second-order valence-corrected chi connectivity index (χ2v) is 6.50. The highest BCUT2D eigenvalue weighted by molar-refractivity contribution is 5.29. The van der Waals surface area contributed by atoms with E-state index < -0.39 is 0 Å². The Morgan fingerprint density at radius 1 is 1.25 bits per heavy atom. The average Bonchev–Trinajstić information content (AvgIpc) is 2.42. The lowest BCUT2D eigenvalue weighted by Crippen LogP contribution is -2.24. The molecule has 0 saturated carbocycles. The van der Waals surface area contributed by atoms with Gasteiger partial charge in [0.15, 0.2) is 0 Å². The van der Waals surface area contributed by atoms with Crippen LogP contribution in [0, 0.1) is 17.8 Å². The molecular formula is C18H32O2. The number of allylic oxidation sites excluding steroid dienone is 4. The number of hydrogen-bond acceptors (Lipinski definition) is 2. The first-order chi connectivity index (χ1) is 9.49. The first-order valence-corrected chi connectivity index (χ1v) is 8.18. The minimum absolute atomic E-state index is 0.0496. The van der Waals surface area contributed by atoms with Gasteiger partial charge < -0.3 is 9.84 Å². The largest absolute Gasteiger partial charge is 0.492 e. The first-order valence-electron chi connectivity index (χ1n) is 8.18. The van der Waals surface area contributed by atoms with E-state index in [-0.39, 0.29) is 12.7 Å². The molecule has 0 amide bonds. The summed E-state index contributed by atoms with van der Waals surface area (Å²) in [6, 6.07) is 0. The van der Waals surface area contributed by atoms with Crippen LogP contribution in [0.5, 0.6) is 0 Å². The highest BCUT2D eigenvalue weighted by Gasteiger charge is 2.24. The van der Waals surface area contributed by atoms with Gasteiger partial charge in [-0.2, -0.15) is 0 Å². The molecule has 0 aromatic heterocycles. The number of aliphatic hydroxyl groups excluding tert-OH is 1. The number of aliphatic hydroxyl groups is 1. The Hall–Kier alpha value is -0.760. The minimum Gasteiger partial charge on any atom is -0.492 e. The van der Waals surface area contributed by atoms with E-state index in [2.05, 4.69) is 46.8 Å². The number of rotatable bonds is 8. The summed E-state index contributed by atoms with van der Waals surface area (Å²) in [7, 11) is 0. The highest BCUT2D eigenvalue weighted by Crippen LogP contribution is 2.33. The zero-order valence-corrected chi connectivity index (χ0v) is 13.9. The van der Waals surface area contributed by atoms with Gasteiger partial charge in [0, 0.05) is 5.92 Å². The molecule has 3 atom stereocenters. The molecule has 0 bridgehead atoms. The Morgan fingerprint density at radius 2 is 1.95 bits per heavy atom. The molecule has 1 aliphatic carbocycles. The topological polar surface area (TPSA) is 29.5 Å². The van der Waals surface area contributed by atoms with E-state index >= 15 is 0 Å². The molecule has 2 unspecified atom stereocenters. The van der Waals surface area contributed by atoms with Gasteiger partial charge in [-0.1, -0.05) is 53.2 Å². The van der Waals surface area contributed by atoms with E-state index in [1.54, 1.807) is 0 Å². The van der Waals surface area contributed by atoms with Crippen molar-refractivity contribution in [2.24, 2.45) is 17.8 Å². The van der Waals surface area contributed by atoms with Crippen molar-refractivity contribution in [3.8, 4) is 0 Å². The summed E-state index contributed by atoms with van der Waals surface area (Å²) in [4.78, 5) is 0. The van der Waals surface area contributed by atoms with Gasteiger partial charge in [0.25, 0.3) is 0 Å². The maximum absolute atomic E-state index is 9.57. The lowest BCUT2D eigenvalue weighted by Gasteiger charge is -2.30. The zero-order valence-electron chi connectivity index (χ0n) is 13.9. The molecule has 20 heavy (non-hydrogen) atoms. The van der Waals surface area contributed by atoms with Crippen molar-refractivity contribution in [3.63, 3.8) is 0 Å². The van der Waals surface area contributed by atoms with E-state index in [9.17, 15) is 5.11 Å². The molecule has 116 valence electrons. The summed E-state index contributed by atoms with van der Waals surface area (Å²) in [6.07, 6.45) is 8.67. The van der Waals surface area contributed by atoms with E-state index in [1.165, 1.54) is 12.0 Å². The smallest absolute Gasteiger partial charge is 0.121 e. The molecule has 0 saturated heterocycles. The van der Waals surface area contributed by atoms with Crippen LogP contribution in [-0.2, 0) is 4.74 Å². The van der Waals surface area contributed by atoms with Crippen LogP contribution < -0.4 is 0 Å². The van der Waals surface area contributed by atoms with Crippen molar-refractivity contribution in [1.29, 1.82) is 0 Å². The molecule has 1 N–H and O–H groups in total. The van der Waals surface area contributed by atoms with Crippen molar-refractivity contribution in [2.75, 3.05) is 6.61 Å². The summed E-state index contributed by atoms with van der Waals surface area (Å²) in [5.41, 5.74) is 1.29. The van der Waals surface area contributed by atoms with Crippen LogP contribution in [0.2, 0.25) is 0 Å². The van der Waals surface area contributed by atoms with E-state index in [0.717, 1.165) is 30.9 Å². The Kier molecular flexibility index (Phi) is 7.36. The third kappa shape index (κ3) is 4.97. The molecule has 1 rings (SSSR count). The monoisotopic (exact) mass is 280 g/mol. The molecule has 0 aromatic carbocycles. The first kappa shape index (κ1) is 17.3. The van der Waals surface area contributed by atoms with Crippen LogP contribution >= 0.6 is 0 Å². The SMILES string of the molecule is CCC1=C(O[C@@H](CO)CCCC(C)C)C(C)C(C)C=C1. The standard InChI is InChI=1S/C18H32O2/c1-6-16-11-10-14(4)15(5)18(16)20-17(12-19)9-7-8-13(2)3/h10-11,13-15,17,19H,6-9,12H2,1-5H3/t14?,15?,17-/m1/s1. The Balaban J connectivity index is 2.66. The van der Waals surface area contributed by atoms with Gasteiger partial charge in [0.05, 0.1) is 6.61 Å². The second-order valence-electron chi connectivity index (χ2n) is 6.50. The van der Waals surface area contributed by atoms with Gasteiger partial charge in [0.2, 0.25) is 0 Å². The Morgan fingerprint density at radius 3 is 2.50 bits per heavy atom. The number of ether oxygens (including phenoxy) is 1. The molecule has 0 fully saturated rings. The van der Waals surface area contributed by atoms with Crippen LogP contribution in [0.25, 0.3) is 0 Å². The van der Waals surface area contributed by atoms with Crippen LogP contribution in [-0.4, -0.2) is 17.8 Å². The molecule has 0 aromatic rings. The second kappa shape index (κ2) is 8.51. The predicted octanol–water partition coefficient (Wildman–Crippen LogP) is 4.70. The molecule has 2 heteroatoms. The quantitative estimate of drug-likeness (QED) is 0.698. The van der Waals surface area contributed by atoms with Gasteiger partial charge >= 0.3 is 0 Å². The average molecular weight is 280 g/mol. The Labute approximate surface area is 124 Å². The normalized spacial score (nSPS) is 24.4. The van der Waals surface area contributed by atoms with Crippen molar-refractivity contribution >= 4 is 0 Å². The van der Waals surface area contributed by atoms with Crippen molar-refractivity contribution in [1.82, 2.24) is 0 Å². The lowest BCUT2D eigenvalue weighted by atomic mass is 9.85. The molecule has 2 nitrogen and oxygen atoms in total. The third-order valence-electron chi connectivity index (χ3n) is 4.31. The molecule has 1 aliphatic rings. The van der Waals surface area contributed by atoms with E-state index in [0.29, 0.717) is 11.8 Å². The van der Waals surface area contributed by atoms with Gasteiger partial charge in [-0.15, -0.1) is 0 Å². The van der Waals surface area contributed by atoms with E-state index in [4.69, 9.17) is 4.74 Å². The van der Waals surface area contributed by atoms with Crippen molar-refractivity contribution < 1.29 is 9.84 Å². The highest BCUT2D eigenvalue weighted by atomic mass is 16.5. The van der Waals surface area contributed by atoms with Crippen LogP contribution in [0.3, 0.4) is 0 Å². The zero-order chi connectivity index (χ0) is 15.1. The fourth-order valence-electron chi connectivity index (χ4n) is 2.64. The molecule has 0 spiro atoms. The van der Waals surface area contributed by atoms with E-state index in [1.807, 2.05) is 0 Å². The minimum atomic E-state index is -0.0496. The number of hydrogen-bond donors (Lipinski definition) is 1. The van der Waals surface area contributed by atoms with Gasteiger partial charge in [-0.3, -0.25) is 0 Å². The van der Waals surface area contributed by atoms with Crippen LogP contribution in [0.1, 0.15) is 60.3 Å². The Bertz CT molecular complexity index is 341. The van der Waals surface area contributed by atoms with Crippen molar-refractivity contribution in [3.05, 3.63) is 23.5 Å².